The van der Waals surface area contributed by atoms with Gasteiger partial charge in [-0.25, -0.2) is 4.39 Å². The van der Waals surface area contributed by atoms with E-state index in [-0.39, 0.29) is 17.6 Å². The van der Waals surface area contributed by atoms with Crippen molar-refractivity contribution < 1.29 is 13.9 Å². The Kier molecular flexibility index (Phi) is 5.55. The van der Waals surface area contributed by atoms with E-state index in [1.807, 2.05) is 4.90 Å². The number of nitrogens with one attached hydrogen (secondary N) is 1. The molecule has 1 aromatic carbocycles. The second kappa shape index (κ2) is 7.84. The highest BCUT2D eigenvalue weighted by Crippen LogP contribution is 2.24. The molecule has 1 aliphatic rings. The van der Waals surface area contributed by atoms with Gasteiger partial charge in [-0.1, -0.05) is 18.5 Å². The van der Waals surface area contributed by atoms with Gasteiger partial charge < -0.3 is 15.0 Å². The number of carbonyl (C=O) groups is 1. The first-order chi connectivity index (χ1) is 12.0. The molecule has 8 heteroatoms. The minimum atomic E-state index is -0.355. The number of carbonyl (C=O) groups excluding carboxylic acids is 1. The summed E-state index contributed by atoms with van der Waals surface area (Å²) in [7, 11) is 0. The van der Waals surface area contributed by atoms with Crippen molar-refractivity contribution in [1.29, 1.82) is 0 Å². The van der Waals surface area contributed by atoms with Gasteiger partial charge in [-0.3, -0.25) is 9.48 Å². The number of hydrogen-bond donors (Lipinski definition) is 1. The van der Waals surface area contributed by atoms with Crippen molar-refractivity contribution in [1.82, 2.24) is 9.78 Å². The van der Waals surface area contributed by atoms with Crippen LogP contribution in [0.1, 0.15) is 6.92 Å². The maximum Gasteiger partial charge on any atom is 0.229 e. The quantitative estimate of drug-likeness (QED) is 0.884. The van der Waals surface area contributed by atoms with Gasteiger partial charge >= 0.3 is 0 Å². The van der Waals surface area contributed by atoms with Gasteiger partial charge in [0, 0.05) is 25.0 Å². The van der Waals surface area contributed by atoms with E-state index in [2.05, 4.69) is 10.4 Å². The summed E-state index contributed by atoms with van der Waals surface area (Å²) in [6.07, 6.45) is 3.17. The molecule has 1 fully saturated rings. The Hall–Kier alpha value is -2.12. The van der Waals surface area contributed by atoms with Crippen molar-refractivity contribution in [2.24, 2.45) is 5.92 Å². The van der Waals surface area contributed by atoms with Crippen molar-refractivity contribution >= 4 is 28.9 Å². The van der Waals surface area contributed by atoms with Crippen LogP contribution in [0.2, 0.25) is 5.02 Å². The zero-order chi connectivity index (χ0) is 17.8. The maximum atomic E-state index is 14.4. The summed E-state index contributed by atoms with van der Waals surface area (Å²) in [4.78, 5) is 14.2. The second-order valence-electron chi connectivity index (χ2n) is 6.04. The predicted octanol–water partition coefficient (Wildman–Crippen LogP) is 2.79. The molecule has 2 heterocycles. The van der Waals surface area contributed by atoms with Gasteiger partial charge in [0.25, 0.3) is 0 Å². The maximum absolute atomic E-state index is 14.4. The van der Waals surface area contributed by atoms with Gasteiger partial charge in [-0.15, -0.1) is 0 Å². The van der Waals surface area contributed by atoms with E-state index in [4.69, 9.17) is 16.3 Å². The fourth-order valence-corrected chi connectivity index (χ4v) is 2.87. The number of ether oxygens (including phenoxy) is 1. The highest BCUT2D eigenvalue weighted by molar-refractivity contribution is 6.30. The molecule has 1 aliphatic heterocycles. The third-order valence-corrected chi connectivity index (χ3v) is 4.27. The van der Waals surface area contributed by atoms with Crippen molar-refractivity contribution in [3.63, 3.8) is 0 Å². The average molecular weight is 367 g/mol. The Bertz CT molecular complexity index is 746. The molecule has 0 spiro atoms. The number of rotatable bonds is 5. The first-order valence-corrected chi connectivity index (χ1v) is 8.52. The van der Waals surface area contributed by atoms with Crippen LogP contribution in [0, 0.1) is 11.7 Å². The third kappa shape index (κ3) is 4.49. The molecule has 1 unspecified atom stereocenters. The van der Waals surface area contributed by atoms with Gasteiger partial charge in [-0.05, 0) is 18.2 Å². The molecule has 25 heavy (non-hydrogen) atoms. The number of morpholine rings is 1. The smallest absolute Gasteiger partial charge is 0.229 e. The van der Waals surface area contributed by atoms with Crippen LogP contribution in [0.3, 0.4) is 0 Å². The molecule has 134 valence electrons. The van der Waals surface area contributed by atoms with Gasteiger partial charge in [0.2, 0.25) is 5.91 Å². The highest BCUT2D eigenvalue weighted by Gasteiger charge is 2.18. The topological polar surface area (TPSA) is 59.4 Å². The van der Waals surface area contributed by atoms with Crippen molar-refractivity contribution in [3.8, 4) is 0 Å². The zero-order valence-corrected chi connectivity index (χ0v) is 14.7. The number of amides is 1. The average Bonchev–Trinajstić information content (AvgIpc) is 3.00. The van der Waals surface area contributed by atoms with Crippen LogP contribution < -0.4 is 10.2 Å². The van der Waals surface area contributed by atoms with Crippen LogP contribution in [-0.2, 0) is 16.1 Å². The molecule has 0 saturated carbocycles. The molecule has 1 atom stereocenters. The first kappa shape index (κ1) is 17.7. The summed E-state index contributed by atoms with van der Waals surface area (Å²) in [5.41, 5.74) is 0.963. The lowest BCUT2D eigenvalue weighted by Crippen LogP contribution is -2.36. The van der Waals surface area contributed by atoms with Gasteiger partial charge in [-0.2, -0.15) is 5.10 Å². The molecule has 2 aromatic rings. The standard InChI is InChI=1S/C17H20ClFN4O2/c1-12(10-23-11-13(18)9-20-23)17(24)21-14-2-3-16(15(19)8-14)22-4-6-25-7-5-22/h2-3,8-9,11-12H,4-7,10H2,1H3,(H,21,24). The molecule has 1 aromatic heterocycles. The fourth-order valence-electron chi connectivity index (χ4n) is 2.71. The SMILES string of the molecule is CC(Cn1cc(Cl)cn1)C(=O)Nc1ccc(N2CCOCC2)c(F)c1. The largest absolute Gasteiger partial charge is 0.378 e. The second-order valence-corrected chi connectivity index (χ2v) is 6.47. The van der Waals surface area contributed by atoms with E-state index in [9.17, 15) is 9.18 Å². The van der Waals surface area contributed by atoms with Crippen molar-refractivity contribution in [3.05, 3.63) is 41.4 Å². The monoisotopic (exact) mass is 366 g/mol. The van der Waals surface area contributed by atoms with E-state index < -0.39 is 0 Å². The summed E-state index contributed by atoms with van der Waals surface area (Å²) in [5, 5.41) is 7.32. The molecule has 6 nitrogen and oxygen atoms in total. The van der Waals surface area contributed by atoms with E-state index in [1.165, 1.54) is 12.3 Å². The molecule has 0 aliphatic carbocycles. The normalized spacial score (nSPS) is 15.9. The van der Waals surface area contributed by atoms with E-state index in [1.54, 1.807) is 29.9 Å². The Morgan fingerprint density at radius 2 is 2.20 bits per heavy atom. The highest BCUT2D eigenvalue weighted by atomic mass is 35.5. The Morgan fingerprint density at radius 3 is 2.84 bits per heavy atom. The molecule has 0 radical (unpaired) electrons. The number of anilines is 2. The van der Waals surface area contributed by atoms with E-state index in [0.717, 1.165) is 0 Å². The number of aromatic nitrogens is 2. The molecule has 1 saturated heterocycles. The van der Waals surface area contributed by atoms with Crippen LogP contribution >= 0.6 is 11.6 Å². The van der Waals surface area contributed by atoms with Crippen LogP contribution in [0.5, 0.6) is 0 Å². The van der Waals surface area contributed by atoms with Crippen LogP contribution in [-0.4, -0.2) is 42.0 Å². The molecule has 1 N–H and O–H groups in total. The lowest BCUT2D eigenvalue weighted by Gasteiger charge is -2.29. The third-order valence-electron chi connectivity index (χ3n) is 4.08. The van der Waals surface area contributed by atoms with Crippen LogP contribution in [0.15, 0.2) is 30.6 Å². The first-order valence-electron chi connectivity index (χ1n) is 8.14. The summed E-state index contributed by atoms with van der Waals surface area (Å²) in [5.74, 6) is -0.894. The Labute approximate surface area is 150 Å². The van der Waals surface area contributed by atoms with E-state index >= 15 is 0 Å². The summed E-state index contributed by atoms with van der Waals surface area (Å²) < 4.78 is 21.3. The predicted molar refractivity (Wildman–Crippen MR) is 94.5 cm³/mol. The molecule has 3 rings (SSSR count). The molecule has 1 amide bonds. The molecular formula is C17H20ClFN4O2. The van der Waals surface area contributed by atoms with Gasteiger partial charge in [0.05, 0.1) is 42.6 Å². The summed E-state index contributed by atoms with van der Waals surface area (Å²) >= 11 is 5.81. The van der Waals surface area contributed by atoms with Crippen LogP contribution in [0.25, 0.3) is 0 Å². The Morgan fingerprint density at radius 1 is 1.44 bits per heavy atom. The molecule has 0 bridgehead atoms. The number of benzene rings is 1. The summed E-state index contributed by atoms with van der Waals surface area (Å²) in [6.45, 7) is 4.67. The lowest BCUT2D eigenvalue weighted by molar-refractivity contribution is -0.119. The number of hydrogen-bond acceptors (Lipinski definition) is 4. The van der Waals surface area contributed by atoms with Crippen molar-refractivity contribution in [2.45, 2.75) is 13.5 Å². The van der Waals surface area contributed by atoms with Crippen LogP contribution in [0.4, 0.5) is 15.8 Å². The molecular weight excluding hydrogens is 347 g/mol. The van der Waals surface area contributed by atoms with Gasteiger partial charge in [0.15, 0.2) is 0 Å². The zero-order valence-electron chi connectivity index (χ0n) is 13.9. The van der Waals surface area contributed by atoms with Crippen molar-refractivity contribution in [2.75, 3.05) is 36.5 Å². The number of nitrogens with zero attached hydrogens (tertiary/aromatic N) is 3. The fraction of sp³-hybridized carbons (Fsp3) is 0.412. The van der Waals surface area contributed by atoms with E-state index in [0.29, 0.717) is 49.2 Å². The minimum Gasteiger partial charge on any atom is -0.378 e. The number of halogens is 2. The summed E-state index contributed by atoms with van der Waals surface area (Å²) in [6, 6.07) is 4.75. The lowest BCUT2D eigenvalue weighted by atomic mass is 10.1. The Balaban J connectivity index is 1.61. The minimum absolute atomic E-state index is 0.204. The van der Waals surface area contributed by atoms with Gasteiger partial charge in [0.1, 0.15) is 5.82 Å².